The minimum atomic E-state index is -0.596. The van der Waals surface area contributed by atoms with Crippen molar-refractivity contribution in [2.45, 2.75) is 45.8 Å². The van der Waals surface area contributed by atoms with Gasteiger partial charge < -0.3 is 20.7 Å². The lowest BCUT2D eigenvalue weighted by Crippen LogP contribution is -2.34. The SMILES string of the molecule is CC(C)(C)OC(=O)NCCC(=O)Nc1ccccc1CNC(=O)Cc1ccccc1Cl. The Morgan fingerprint density at radius 2 is 1.55 bits per heavy atom. The van der Waals surface area contributed by atoms with Crippen LogP contribution in [-0.4, -0.2) is 30.1 Å². The van der Waals surface area contributed by atoms with Gasteiger partial charge in [0.2, 0.25) is 11.8 Å². The normalized spacial score (nSPS) is 10.8. The van der Waals surface area contributed by atoms with Gasteiger partial charge in [-0.05, 0) is 44.0 Å². The molecule has 0 saturated carbocycles. The van der Waals surface area contributed by atoms with Crippen LogP contribution < -0.4 is 16.0 Å². The van der Waals surface area contributed by atoms with Crippen molar-refractivity contribution in [1.29, 1.82) is 0 Å². The number of halogens is 1. The van der Waals surface area contributed by atoms with Crippen LogP contribution in [0.5, 0.6) is 0 Å². The van der Waals surface area contributed by atoms with Gasteiger partial charge in [0.25, 0.3) is 0 Å². The Labute approximate surface area is 187 Å². The predicted molar refractivity (Wildman–Crippen MR) is 121 cm³/mol. The van der Waals surface area contributed by atoms with Gasteiger partial charge in [0.1, 0.15) is 5.60 Å². The summed E-state index contributed by atoms with van der Waals surface area (Å²) < 4.78 is 5.13. The van der Waals surface area contributed by atoms with Crippen molar-refractivity contribution in [3.8, 4) is 0 Å². The zero-order valence-corrected chi connectivity index (χ0v) is 18.7. The molecule has 0 heterocycles. The highest BCUT2D eigenvalue weighted by Crippen LogP contribution is 2.17. The van der Waals surface area contributed by atoms with E-state index in [-0.39, 0.29) is 37.7 Å². The summed E-state index contributed by atoms with van der Waals surface area (Å²) in [6, 6.07) is 14.4. The van der Waals surface area contributed by atoms with Gasteiger partial charge in [-0.2, -0.15) is 0 Å². The number of nitrogens with one attached hydrogen (secondary N) is 3. The number of anilines is 1. The summed E-state index contributed by atoms with van der Waals surface area (Å²) in [4.78, 5) is 36.1. The molecular formula is C23H28ClN3O4. The zero-order chi connectivity index (χ0) is 22.9. The molecule has 8 heteroatoms. The summed E-state index contributed by atoms with van der Waals surface area (Å²) in [7, 11) is 0. The fraction of sp³-hybridized carbons (Fsp3) is 0.348. The molecule has 0 aliphatic rings. The second kappa shape index (κ2) is 11.4. The highest BCUT2D eigenvalue weighted by Gasteiger charge is 2.16. The molecule has 2 aromatic carbocycles. The lowest BCUT2D eigenvalue weighted by molar-refractivity contribution is -0.120. The Hall–Kier alpha value is -3.06. The van der Waals surface area contributed by atoms with Gasteiger partial charge in [0.05, 0.1) is 6.42 Å². The Bertz CT molecular complexity index is 925. The van der Waals surface area contributed by atoms with Gasteiger partial charge in [0.15, 0.2) is 0 Å². The summed E-state index contributed by atoms with van der Waals surface area (Å²) >= 11 is 6.10. The molecule has 0 unspecified atom stereocenters. The van der Waals surface area contributed by atoms with Crippen molar-refractivity contribution in [1.82, 2.24) is 10.6 Å². The maximum atomic E-state index is 12.3. The number of rotatable bonds is 8. The number of alkyl carbamates (subject to hydrolysis) is 1. The number of hydrogen-bond acceptors (Lipinski definition) is 4. The number of amides is 3. The first-order valence-electron chi connectivity index (χ1n) is 9.99. The van der Waals surface area contributed by atoms with Gasteiger partial charge in [-0.1, -0.05) is 48.0 Å². The van der Waals surface area contributed by atoms with E-state index in [0.717, 1.165) is 11.1 Å². The van der Waals surface area contributed by atoms with Crippen LogP contribution in [0.1, 0.15) is 38.3 Å². The van der Waals surface area contributed by atoms with Gasteiger partial charge in [-0.15, -0.1) is 0 Å². The highest BCUT2D eigenvalue weighted by molar-refractivity contribution is 6.31. The van der Waals surface area contributed by atoms with Crippen LogP contribution in [0, 0.1) is 0 Å². The third-order valence-corrected chi connectivity index (χ3v) is 4.47. The molecule has 7 nitrogen and oxygen atoms in total. The smallest absolute Gasteiger partial charge is 0.407 e. The predicted octanol–water partition coefficient (Wildman–Crippen LogP) is 4.05. The molecule has 3 N–H and O–H groups in total. The molecule has 0 bridgehead atoms. The Balaban J connectivity index is 1.83. The first kappa shape index (κ1) is 24.2. The molecule has 0 atom stereocenters. The van der Waals surface area contributed by atoms with E-state index in [2.05, 4.69) is 16.0 Å². The second-order valence-electron chi connectivity index (χ2n) is 7.93. The summed E-state index contributed by atoms with van der Waals surface area (Å²) in [5.41, 5.74) is 1.52. The molecule has 0 aromatic heterocycles. The average Bonchev–Trinajstić information content (AvgIpc) is 2.67. The molecule has 0 aliphatic carbocycles. The van der Waals surface area contributed by atoms with Crippen LogP contribution in [0.2, 0.25) is 5.02 Å². The molecule has 2 rings (SSSR count). The van der Waals surface area contributed by atoms with E-state index < -0.39 is 11.7 Å². The third-order valence-electron chi connectivity index (χ3n) is 4.10. The van der Waals surface area contributed by atoms with E-state index in [1.54, 1.807) is 45.0 Å². The molecule has 0 saturated heterocycles. The number of para-hydroxylation sites is 1. The van der Waals surface area contributed by atoms with Crippen molar-refractivity contribution >= 4 is 35.2 Å². The molecule has 0 fully saturated rings. The van der Waals surface area contributed by atoms with Crippen LogP contribution in [0.3, 0.4) is 0 Å². The first-order chi connectivity index (χ1) is 14.6. The Morgan fingerprint density at radius 1 is 0.903 bits per heavy atom. The van der Waals surface area contributed by atoms with Gasteiger partial charge in [0, 0.05) is 30.2 Å². The third kappa shape index (κ3) is 9.09. The van der Waals surface area contributed by atoms with Crippen LogP contribution in [0.15, 0.2) is 48.5 Å². The van der Waals surface area contributed by atoms with Gasteiger partial charge in [-0.25, -0.2) is 4.79 Å². The van der Waals surface area contributed by atoms with Gasteiger partial charge in [-0.3, -0.25) is 9.59 Å². The van der Waals surface area contributed by atoms with E-state index in [4.69, 9.17) is 16.3 Å². The molecule has 0 aliphatic heterocycles. The van der Waals surface area contributed by atoms with Crippen LogP contribution in [0.4, 0.5) is 10.5 Å². The highest BCUT2D eigenvalue weighted by atomic mass is 35.5. The number of carbonyl (C=O) groups is 3. The zero-order valence-electron chi connectivity index (χ0n) is 18.0. The van der Waals surface area contributed by atoms with E-state index in [0.29, 0.717) is 10.7 Å². The summed E-state index contributed by atoms with van der Waals surface area (Å²) in [6.07, 6.45) is -0.307. The maximum absolute atomic E-state index is 12.3. The molecular weight excluding hydrogens is 418 g/mol. The molecule has 3 amide bonds. The second-order valence-corrected chi connectivity index (χ2v) is 8.34. The lowest BCUT2D eigenvalue weighted by atomic mass is 10.1. The molecule has 0 spiro atoms. The summed E-state index contributed by atoms with van der Waals surface area (Å²) in [5, 5.41) is 8.75. The first-order valence-corrected chi connectivity index (χ1v) is 10.4. The Morgan fingerprint density at radius 3 is 2.23 bits per heavy atom. The van der Waals surface area contributed by atoms with Crippen molar-refractivity contribution < 1.29 is 19.1 Å². The lowest BCUT2D eigenvalue weighted by Gasteiger charge is -2.19. The minimum Gasteiger partial charge on any atom is -0.444 e. The molecule has 0 radical (unpaired) electrons. The largest absolute Gasteiger partial charge is 0.444 e. The summed E-state index contributed by atoms with van der Waals surface area (Å²) in [5.74, 6) is -0.429. The van der Waals surface area contributed by atoms with E-state index >= 15 is 0 Å². The van der Waals surface area contributed by atoms with E-state index in [1.165, 1.54) is 0 Å². The van der Waals surface area contributed by atoms with Crippen LogP contribution in [0.25, 0.3) is 0 Å². The van der Waals surface area contributed by atoms with Crippen LogP contribution in [-0.2, 0) is 27.3 Å². The standard InChI is InChI=1S/C23H28ClN3O4/c1-23(2,3)31-22(30)25-13-12-20(28)27-19-11-7-5-9-17(19)15-26-21(29)14-16-8-4-6-10-18(16)24/h4-11H,12-15H2,1-3H3,(H,25,30)(H,26,29)(H,27,28). The van der Waals surface area contributed by atoms with Crippen molar-refractivity contribution in [3.63, 3.8) is 0 Å². The van der Waals surface area contributed by atoms with Crippen molar-refractivity contribution in [3.05, 3.63) is 64.7 Å². The van der Waals surface area contributed by atoms with Crippen LogP contribution >= 0.6 is 11.6 Å². The topological polar surface area (TPSA) is 96.5 Å². The number of ether oxygens (including phenoxy) is 1. The van der Waals surface area contributed by atoms with E-state index in [1.807, 2.05) is 24.3 Å². The van der Waals surface area contributed by atoms with Crippen molar-refractivity contribution in [2.24, 2.45) is 0 Å². The van der Waals surface area contributed by atoms with Gasteiger partial charge >= 0.3 is 6.09 Å². The quantitative estimate of drug-likeness (QED) is 0.571. The molecule has 166 valence electrons. The monoisotopic (exact) mass is 445 g/mol. The van der Waals surface area contributed by atoms with E-state index in [9.17, 15) is 14.4 Å². The Kier molecular flexibility index (Phi) is 8.88. The number of carbonyl (C=O) groups excluding carboxylic acids is 3. The fourth-order valence-electron chi connectivity index (χ4n) is 2.67. The number of hydrogen-bond donors (Lipinski definition) is 3. The number of benzene rings is 2. The average molecular weight is 446 g/mol. The minimum absolute atomic E-state index is 0.0897. The van der Waals surface area contributed by atoms with Crippen molar-refractivity contribution in [2.75, 3.05) is 11.9 Å². The fourth-order valence-corrected chi connectivity index (χ4v) is 2.87. The molecule has 2 aromatic rings. The molecule has 31 heavy (non-hydrogen) atoms. The maximum Gasteiger partial charge on any atom is 0.407 e. The summed E-state index contributed by atoms with van der Waals surface area (Å²) in [6.45, 7) is 5.71.